The van der Waals surface area contributed by atoms with E-state index in [-0.39, 0.29) is 53.6 Å². The van der Waals surface area contributed by atoms with E-state index in [4.69, 9.17) is 84.3 Å². The average Bonchev–Trinajstić information content (AvgIpc) is 2.80. The molecule has 0 saturated heterocycles. The van der Waals surface area contributed by atoms with Gasteiger partial charge in [-0.3, -0.25) is 27.1 Å². The summed E-state index contributed by atoms with van der Waals surface area (Å²) in [6.45, 7) is 9.55. The summed E-state index contributed by atoms with van der Waals surface area (Å²) in [5, 5.41) is -1.01. The molecule has 7 unspecified atom stereocenters. The van der Waals surface area contributed by atoms with Crippen molar-refractivity contribution >= 4 is 93.1 Å². The van der Waals surface area contributed by atoms with Gasteiger partial charge in [0.2, 0.25) is 0 Å². The smallest absolute Gasteiger partial charge is 0.302 e. The van der Waals surface area contributed by atoms with Crippen LogP contribution in [-0.4, -0.2) is 86.6 Å². The van der Waals surface area contributed by atoms with Crippen LogP contribution in [0.4, 0.5) is 0 Å². The molecule has 39 heavy (non-hydrogen) atoms. The summed E-state index contributed by atoms with van der Waals surface area (Å²) >= 11 is 32.7. The van der Waals surface area contributed by atoms with Crippen molar-refractivity contribution in [2.45, 2.75) is 76.0 Å². The molecule has 0 aliphatic rings. The Kier molecular flexibility index (Phi) is 28.5. The van der Waals surface area contributed by atoms with Gasteiger partial charge in [-0.2, -0.15) is 0 Å². The van der Waals surface area contributed by atoms with Gasteiger partial charge in [-0.25, -0.2) is 13.7 Å². The van der Waals surface area contributed by atoms with Crippen molar-refractivity contribution in [3.8, 4) is 0 Å². The number of halogens is 6. The van der Waals surface area contributed by atoms with Crippen LogP contribution in [0.15, 0.2) is 0 Å². The summed E-state index contributed by atoms with van der Waals surface area (Å²) in [6, 6.07) is 0. The zero-order valence-electron chi connectivity index (χ0n) is 22.3. The van der Waals surface area contributed by atoms with Gasteiger partial charge >= 0.3 is 23.5 Å². The second-order valence-corrected chi connectivity index (χ2v) is 15.2. The second-order valence-electron chi connectivity index (χ2n) is 7.85. The van der Waals surface area contributed by atoms with Gasteiger partial charge < -0.3 is 14.7 Å². The SMILES string of the molecule is CC(CCl)OP(=O)(O)OC(C)CCl.CC(Cl)COP(=O)(O)OC(C)CCl.CC(Cl)COP(=O)(O)OCC(C)Cl. The third-order valence-corrected chi connectivity index (χ3v) is 7.98. The van der Waals surface area contributed by atoms with Gasteiger partial charge in [0.15, 0.2) is 0 Å². The van der Waals surface area contributed by atoms with Crippen molar-refractivity contribution in [2.75, 3.05) is 37.5 Å². The number of alkyl halides is 6. The number of hydrogen-bond acceptors (Lipinski definition) is 9. The summed E-state index contributed by atoms with van der Waals surface area (Å²) in [5.74, 6) is 0.386. The second kappa shape index (κ2) is 24.4. The molecule has 0 saturated carbocycles. The van der Waals surface area contributed by atoms with E-state index < -0.39 is 41.8 Å². The van der Waals surface area contributed by atoms with E-state index in [1.807, 2.05) is 0 Å². The minimum Gasteiger partial charge on any atom is -0.302 e. The zero-order valence-corrected chi connectivity index (χ0v) is 29.6. The van der Waals surface area contributed by atoms with Crippen LogP contribution >= 0.6 is 93.1 Å². The Hall–Kier alpha value is 2.07. The van der Waals surface area contributed by atoms with Crippen molar-refractivity contribution in [3.63, 3.8) is 0 Å². The zero-order chi connectivity index (χ0) is 31.4. The van der Waals surface area contributed by atoms with Gasteiger partial charge in [-0.05, 0) is 41.5 Å². The minimum absolute atomic E-state index is 0.0357. The molecule has 0 amide bonds. The predicted octanol–water partition coefficient (Wildman–Crippen LogP) is 7.12. The van der Waals surface area contributed by atoms with Gasteiger partial charge in [0.1, 0.15) is 0 Å². The number of phosphoric ester groups is 3. The van der Waals surface area contributed by atoms with E-state index in [0.717, 1.165) is 0 Å². The lowest BCUT2D eigenvalue weighted by molar-refractivity contribution is 0.100. The van der Waals surface area contributed by atoms with E-state index >= 15 is 0 Å². The highest BCUT2D eigenvalue weighted by atomic mass is 35.5. The Morgan fingerprint density at radius 3 is 0.974 bits per heavy atom. The first-order chi connectivity index (χ1) is 17.6. The fourth-order valence-corrected chi connectivity index (χ4v) is 5.36. The van der Waals surface area contributed by atoms with Crippen LogP contribution in [-0.2, 0) is 40.8 Å². The van der Waals surface area contributed by atoms with Crippen LogP contribution in [0.2, 0.25) is 0 Å². The molecule has 21 heteroatoms. The summed E-state index contributed by atoms with van der Waals surface area (Å²) < 4.78 is 60.8. The molecular weight excluding hydrogens is 714 g/mol. The molecule has 12 nitrogen and oxygen atoms in total. The standard InChI is InChI=1S/3C6H13Cl2O4P/c1-5(8)4-11-13(9,10)12-6(2)3-7;1-5(7)3-11-13(9,10)12-4-6(2)8;1-5(3-7)11-13(9,10)12-6(2)4-8/h3*5-6H,3-4H2,1-2H3,(H,9,10). The highest BCUT2D eigenvalue weighted by Crippen LogP contribution is 2.46. The van der Waals surface area contributed by atoms with Gasteiger partial charge in [-0.1, -0.05) is 0 Å². The summed E-state index contributed by atoms with van der Waals surface area (Å²) in [7, 11) is -12.0. The molecule has 0 spiro atoms. The molecule has 0 aromatic carbocycles. The predicted molar refractivity (Wildman–Crippen MR) is 157 cm³/mol. The van der Waals surface area contributed by atoms with E-state index in [0.29, 0.717) is 0 Å². The van der Waals surface area contributed by atoms with Crippen LogP contribution in [0.3, 0.4) is 0 Å². The molecule has 7 atom stereocenters. The number of hydrogen-bond donors (Lipinski definition) is 3. The van der Waals surface area contributed by atoms with Crippen LogP contribution in [0, 0.1) is 0 Å². The first-order valence-electron chi connectivity index (χ1n) is 11.2. The molecule has 0 aromatic rings. The maximum absolute atomic E-state index is 11.1. The van der Waals surface area contributed by atoms with Crippen LogP contribution < -0.4 is 0 Å². The molecule has 0 aromatic heterocycles. The Morgan fingerprint density at radius 1 is 0.513 bits per heavy atom. The van der Waals surface area contributed by atoms with Gasteiger partial charge in [0, 0.05) is 17.6 Å². The molecule has 240 valence electrons. The fourth-order valence-electron chi connectivity index (χ4n) is 1.45. The van der Waals surface area contributed by atoms with Crippen LogP contribution in [0.25, 0.3) is 0 Å². The maximum Gasteiger partial charge on any atom is 0.472 e. The Labute approximate surface area is 260 Å². The molecule has 0 rings (SSSR count). The molecular formula is C18H39Cl6O12P3. The van der Waals surface area contributed by atoms with Crippen LogP contribution in [0.1, 0.15) is 41.5 Å². The lowest BCUT2D eigenvalue weighted by atomic mass is 10.5. The summed E-state index contributed by atoms with van der Waals surface area (Å²) in [5.41, 5.74) is 0. The largest absolute Gasteiger partial charge is 0.472 e. The third-order valence-electron chi connectivity index (χ3n) is 2.99. The molecule has 0 fully saturated rings. The normalized spacial score (nSPS) is 20.7. The van der Waals surface area contributed by atoms with Crippen molar-refractivity contribution in [1.82, 2.24) is 0 Å². The molecule has 0 heterocycles. The molecule has 0 radical (unpaired) electrons. The number of rotatable bonds is 18. The lowest BCUT2D eigenvalue weighted by Crippen LogP contribution is -2.14. The van der Waals surface area contributed by atoms with E-state index in [1.165, 1.54) is 0 Å². The topological polar surface area (TPSA) is 167 Å². The van der Waals surface area contributed by atoms with Crippen molar-refractivity contribution < 1.29 is 55.5 Å². The van der Waals surface area contributed by atoms with Gasteiger partial charge in [-0.15, -0.1) is 69.6 Å². The summed E-state index contributed by atoms with van der Waals surface area (Å²) in [4.78, 5) is 27.2. The monoisotopic (exact) mass is 750 g/mol. The van der Waals surface area contributed by atoms with E-state index in [2.05, 4.69) is 27.1 Å². The highest BCUT2D eigenvalue weighted by molar-refractivity contribution is 7.48. The quantitative estimate of drug-likeness (QED) is 0.0959. The van der Waals surface area contributed by atoms with Crippen LogP contribution in [0.5, 0.6) is 0 Å². The molecule has 0 aliphatic carbocycles. The van der Waals surface area contributed by atoms with Gasteiger partial charge in [0.25, 0.3) is 0 Å². The Bertz CT molecular complexity index is 721. The average molecular weight is 753 g/mol. The first-order valence-corrected chi connectivity index (χ1v) is 18.6. The maximum atomic E-state index is 11.1. The van der Waals surface area contributed by atoms with E-state index in [9.17, 15) is 13.7 Å². The Morgan fingerprint density at radius 2 is 0.744 bits per heavy atom. The molecule has 0 bridgehead atoms. The van der Waals surface area contributed by atoms with Crippen molar-refractivity contribution in [2.24, 2.45) is 0 Å². The molecule has 3 N–H and O–H groups in total. The summed E-state index contributed by atoms with van der Waals surface area (Å²) in [6.07, 6.45) is -1.58. The van der Waals surface area contributed by atoms with E-state index in [1.54, 1.807) is 41.5 Å². The highest BCUT2D eigenvalue weighted by Gasteiger charge is 2.27. The molecule has 0 aliphatic heterocycles. The fraction of sp³-hybridized carbons (Fsp3) is 1.00. The lowest BCUT2D eigenvalue weighted by Gasteiger charge is -2.18. The number of phosphoric acid groups is 3. The Balaban J connectivity index is -0.000000498. The first kappa shape index (κ1) is 45.5. The third kappa shape index (κ3) is 34.4. The van der Waals surface area contributed by atoms with Crippen molar-refractivity contribution in [1.29, 1.82) is 0 Å². The van der Waals surface area contributed by atoms with Crippen molar-refractivity contribution in [3.05, 3.63) is 0 Å². The minimum atomic E-state index is -4.01. The van der Waals surface area contributed by atoms with Gasteiger partial charge in [0.05, 0.1) is 54.3 Å².